The Kier molecular flexibility index (Phi) is 7.14. The van der Waals surface area contributed by atoms with Gasteiger partial charge in [0.05, 0.1) is 35.2 Å². The third-order valence-corrected chi connectivity index (χ3v) is 9.00. The number of hydrogen-bond donors (Lipinski definition) is 0. The van der Waals surface area contributed by atoms with Gasteiger partial charge in [-0.2, -0.15) is 0 Å². The van der Waals surface area contributed by atoms with Crippen molar-refractivity contribution in [2.75, 3.05) is 24.8 Å². The van der Waals surface area contributed by atoms with Gasteiger partial charge in [-0.15, -0.1) is 0 Å². The lowest BCUT2D eigenvalue weighted by Gasteiger charge is -2.26. The second kappa shape index (κ2) is 11.3. The molecule has 0 N–H and O–H groups in total. The lowest BCUT2D eigenvalue weighted by atomic mass is 9.93. The third kappa shape index (κ3) is 4.44. The van der Waals surface area contributed by atoms with Gasteiger partial charge in [0.15, 0.2) is 16.3 Å². The zero-order chi connectivity index (χ0) is 30.4. The second-order valence-corrected chi connectivity index (χ2v) is 11.5. The summed E-state index contributed by atoms with van der Waals surface area (Å²) in [6.07, 6.45) is 1.76. The van der Waals surface area contributed by atoms with E-state index in [4.69, 9.17) is 19.2 Å². The van der Waals surface area contributed by atoms with Crippen LogP contribution in [0.1, 0.15) is 49.4 Å². The van der Waals surface area contributed by atoms with Gasteiger partial charge in [0.2, 0.25) is 6.79 Å². The highest BCUT2D eigenvalue weighted by Crippen LogP contribution is 2.40. The van der Waals surface area contributed by atoms with Crippen LogP contribution in [0.25, 0.3) is 11.3 Å². The van der Waals surface area contributed by atoms with Crippen LogP contribution in [0.3, 0.4) is 0 Å². The van der Waals surface area contributed by atoms with Gasteiger partial charge in [0.25, 0.3) is 11.5 Å². The van der Waals surface area contributed by atoms with Gasteiger partial charge in [0, 0.05) is 17.7 Å². The predicted molar refractivity (Wildman–Crippen MR) is 166 cm³/mol. The van der Waals surface area contributed by atoms with E-state index in [1.165, 1.54) is 4.57 Å². The van der Waals surface area contributed by atoms with Gasteiger partial charge < -0.3 is 19.1 Å². The summed E-state index contributed by atoms with van der Waals surface area (Å²) in [5, 5.41) is 0. The molecule has 0 fully saturated rings. The van der Waals surface area contributed by atoms with Crippen LogP contribution in [0, 0.1) is 0 Å². The van der Waals surface area contributed by atoms with Crippen molar-refractivity contribution in [2.24, 2.45) is 4.99 Å². The zero-order valence-corrected chi connectivity index (χ0v) is 25.1. The maximum absolute atomic E-state index is 14.6. The summed E-state index contributed by atoms with van der Waals surface area (Å²) < 4.78 is 18.6. The Labute approximate surface area is 257 Å². The molecule has 7 rings (SSSR count). The average molecular weight is 608 g/mol. The molecule has 44 heavy (non-hydrogen) atoms. The molecule has 4 aromatic rings. The minimum atomic E-state index is -0.896. The first-order valence-electron chi connectivity index (χ1n) is 14.6. The summed E-state index contributed by atoms with van der Waals surface area (Å²) in [6.45, 7) is 4.59. The number of fused-ring (bicyclic) bond motifs is 3. The van der Waals surface area contributed by atoms with E-state index in [1.807, 2.05) is 60.7 Å². The summed E-state index contributed by atoms with van der Waals surface area (Å²) in [5.41, 5.74) is 3.42. The highest BCUT2D eigenvalue weighted by atomic mass is 32.1. The van der Waals surface area contributed by atoms with E-state index in [9.17, 15) is 14.4 Å². The lowest BCUT2D eigenvalue weighted by Crippen LogP contribution is -2.41. The highest BCUT2D eigenvalue weighted by Gasteiger charge is 2.38. The van der Waals surface area contributed by atoms with Crippen LogP contribution in [0.15, 0.2) is 88.2 Å². The summed E-state index contributed by atoms with van der Waals surface area (Å²) >= 11 is 1.16. The summed E-state index contributed by atoms with van der Waals surface area (Å²) in [5.74, 6) is 0.301. The third-order valence-electron chi connectivity index (χ3n) is 7.95. The summed E-state index contributed by atoms with van der Waals surface area (Å²) in [4.78, 5) is 49.3. The van der Waals surface area contributed by atoms with Crippen molar-refractivity contribution < 1.29 is 23.8 Å². The molecule has 3 aliphatic rings. The molecule has 0 unspecified atom stereocenters. The quantitative estimate of drug-likeness (QED) is 0.293. The Hall–Kier alpha value is -4.96. The molecule has 1 atom stereocenters. The zero-order valence-electron chi connectivity index (χ0n) is 24.2. The second-order valence-electron chi connectivity index (χ2n) is 10.6. The van der Waals surface area contributed by atoms with Gasteiger partial charge in [-0.25, -0.2) is 9.79 Å². The maximum Gasteiger partial charge on any atom is 0.338 e. The highest BCUT2D eigenvalue weighted by molar-refractivity contribution is 7.07. The number of aromatic nitrogens is 1. The van der Waals surface area contributed by atoms with Crippen molar-refractivity contribution in [3.8, 4) is 11.5 Å². The number of esters is 1. The van der Waals surface area contributed by atoms with Crippen LogP contribution in [-0.4, -0.2) is 36.4 Å². The number of nitrogens with zero attached hydrogens (tertiary/aromatic N) is 3. The number of hydrogen-bond acceptors (Lipinski definition) is 8. The predicted octanol–water partition coefficient (Wildman–Crippen LogP) is 4.18. The Morgan fingerprint density at radius 3 is 2.57 bits per heavy atom. The van der Waals surface area contributed by atoms with Crippen LogP contribution in [0.5, 0.6) is 11.5 Å². The average Bonchev–Trinajstić information content (AvgIpc) is 3.72. The van der Waals surface area contributed by atoms with Gasteiger partial charge in [0.1, 0.15) is 4.53 Å². The largest absolute Gasteiger partial charge is 0.463 e. The molecule has 1 aromatic heterocycles. The minimum absolute atomic E-state index is 0.0802. The molecule has 222 valence electrons. The van der Waals surface area contributed by atoms with E-state index in [-0.39, 0.29) is 29.4 Å². The number of ether oxygens (including phenoxy) is 3. The van der Waals surface area contributed by atoms with Crippen LogP contribution in [0.2, 0.25) is 0 Å². The fourth-order valence-electron chi connectivity index (χ4n) is 5.93. The number of para-hydroxylation sites is 1. The summed E-state index contributed by atoms with van der Waals surface area (Å²) in [7, 11) is 0. The molecule has 3 aliphatic heterocycles. The van der Waals surface area contributed by atoms with E-state index in [1.54, 1.807) is 24.0 Å². The molecule has 3 aromatic carbocycles. The van der Waals surface area contributed by atoms with Crippen molar-refractivity contribution >= 4 is 40.2 Å². The number of amides is 1. The normalized spacial score (nSPS) is 17.8. The Bertz CT molecular complexity index is 2030. The van der Waals surface area contributed by atoms with Crippen molar-refractivity contribution in [1.82, 2.24) is 4.57 Å². The Morgan fingerprint density at radius 1 is 1.00 bits per heavy atom. The van der Waals surface area contributed by atoms with Gasteiger partial charge in [-0.05, 0) is 37.1 Å². The lowest BCUT2D eigenvalue weighted by molar-refractivity contribution is -0.138. The number of carbonyl (C=O) groups excluding carboxylic acids is 2. The van der Waals surface area contributed by atoms with Crippen LogP contribution in [0.4, 0.5) is 5.69 Å². The SMILES string of the molecule is CCCCN1C(=O)/C(=c2/sc3n(c2=O)[C@H](c2ccc4c(c2)OCO4)C(C(=O)OCC)=C(c2ccccc2)N=3)c2ccccc21. The molecule has 0 spiro atoms. The maximum atomic E-state index is 14.6. The monoisotopic (exact) mass is 607 g/mol. The van der Waals surface area contributed by atoms with E-state index in [0.29, 0.717) is 50.8 Å². The van der Waals surface area contributed by atoms with Gasteiger partial charge >= 0.3 is 5.97 Å². The van der Waals surface area contributed by atoms with Crippen molar-refractivity contribution in [2.45, 2.75) is 32.7 Å². The summed E-state index contributed by atoms with van der Waals surface area (Å²) in [6, 6.07) is 21.4. The van der Waals surface area contributed by atoms with Gasteiger partial charge in [-0.1, -0.05) is 79.3 Å². The fourth-order valence-corrected chi connectivity index (χ4v) is 7.02. The molecular weight excluding hydrogens is 578 g/mol. The van der Waals surface area contributed by atoms with E-state index in [0.717, 1.165) is 29.9 Å². The van der Waals surface area contributed by atoms with Crippen LogP contribution < -0.4 is 29.3 Å². The number of rotatable bonds is 7. The number of carbonyl (C=O) groups is 2. The van der Waals surface area contributed by atoms with Crippen LogP contribution >= 0.6 is 11.3 Å². The molecule has 9 nitrogen and oxygen atoms in total. The van der Waals surface area contributed by atoms with Gasteiger partial charge in [-0.3, -0.25) is 14.2 Å². The standard InChI is InChI=1S/C34H29N3O6S/c1-3-5-17-36-23-14-10-9-13-22(23)26(31(36)38)30-32(39)37-29(21-15-16-24-25(18-21)43-19-42-24)27(33(40)41-4-2)28(35-34(37)44-30)20-11-7-6-8-12-20/h6-16,18,29H,3-5,17,19H2,1-2H3/b30-26+/t29-/m1/s1. The molecule has 10 heteroatoms. The van der Waals surface area contributed by atoms with E-state index < -0.39 is 17.6 Å². The van der Waals surface area contributed by atoms with E-state index in [2.05, 4.69) is 6.92 Å². The smallest absolute Gasteiger partial charge is 0.338 e. The topological polar surface area (TPSA) is 99.4 Å². The molecule has 0 saturated heterocycles. The number of thiazole rings is 1. The van der Waals surface area contributed by atoms with Crippen molar-refractivity contribution in [1.29, 1.82) is 0 Å². The molecule has 0 saturated carbocycles. The first-order valence-corrected chi connectivity index (χ1v) is 15.4. The Morgan fingerprint density at radius 2 is 1.77 bits per heavy atom. The molecule has 4 heterocycles. The molecule has 1 amide bonds. The van der Waals surface area contributed by atoms with Crippen molar-refractivity contribution in [3.05, 3.63) is 115 Å². The number of unbranched alkanes of at least 4 members (excludes halogenated alkanes) is 1. The molecule has 0 aliphatic carbocycles. The van der Waals surface area contributed by atoms with E-state index >= 15 is 0 Å². The molecular formula is C34H29N3O6S. The van der Waals surface area contributed by atoms with Crippen LogP contribution in [-0.2, 0) is 14.3 Å². The first kappa shape index (κ1) is 27.8. The molecule has 0 radical (unpaired) electrons. The fraction of sp³-hybridized carbons (Fsp3) is 0.235. The van der Waals surface area contributed by atoms with Crippen molar-refractivity contribution in [3.63, 3.8) is 0 Å². The minimum Gasteiger partial charge on any atom is -0.463 e. The molecule has 0 bridgehead atoms. The Balaban J connectivity index is 1.54. The number of benzene rings is 3. The number of anilines is 1. The first-order chi connectivity index (χ1) is 21.5.